The third-order valence-corrected chi connectivity index (χ3v) is 5.13. The lowest BCUT2D eigenvalue weighted by Crippen LogP contribution is -2.41. The molecular formula is C22H29N5O2. The zero-order valence-corrected chi connectivity index (χ0v) is 17.2. The van der Waals surface area contributed by atoms with E-state index in [0.717, 1.165) is 30.0 Å². The van der Waals surface area contributed by atoms with Crippen LogP contribution in [-0.4, -0.2) is 38.4 Å². The number of hydrazine groups is 1. The minimum absolute atomic E-state index is 0.0393. The first-order valence-corrected chi connectivity index (χ1v) is 9.97. The number of rotatable bonds is 8. The molecule has 1 amide bonds. The molecule has 0 bridgehead atoms. The molecule has 2 unspecified atom stereocenters. The number of nitrogens with one attached hydrogen (secondary N) is 3. The second-order valence-corrected chi connectivity index (χ2v) is 6.90. The van der Waals surface area contributed by atoms with Gasteiger partial charge >= 0.3 is 0 Å². The number of hydrazone groups is 1. The molecule has 1 saturated heterocycles. The Morgan fingerprint density at radius 1 is 1.21 bits per heavy atom. The fourth-order valence-corrected chi connectivity index (χ4v) is 3.41. The number of anilines is 1. The Hall–Kier alpha value is -2.90. The maximum absolute atomic E-state index is 12.4. The van der Waals surface area contributed by atoms with E-state index in [0.29, 0.717) is 6.42 Å². The van der Waals surface area contributed by atoms with Crippen molar-refractivity contribution in [1.82, 2.24) is 16.3 Å². The number of methoxy groups -OCH3 is 1. The average Bonchev–Trinajstić information content (AvgIpc) is 3.26. The van der Waals surface area contributed by atoms with Crippen molar-refractivity contribution < 1.29 is 9.53 Å². The molecule has 0 aliphatic carbocycles. The predicted octanol–water partition coefficient (Wildman–Crippen LogP) is 2.60. The summed E-state index contributed by atoms with van der Waals surface area (Å²) in [5, 5.41) is 4.10. The molecule has 0 radical (unpaired) electrons. The summed E-state index contributed by atoms with van der Waals surface area (Å²) in [5.41, 5.74) is 12.0. The van der Waals surface area contributed by atoms with Crippen molar-refractivity contribution in [3.05, 3.63) is 59.7 Å². The van der Waals surface area contributed by atoms with Gasteiger partial charge in [0.25, 0.3) is 5.91 Å². The van der Waals surface area contributed by atoms with E-state index in [4.69, 9.17) is 4.74 Å². The van der Waals surface area contributed by atoms with Crippen molar-refractivity contribution >= 4 is 17.8 Å². The van der Waals surface area contributed by atoms with E-state index < -0.39 is 0 Å². The van der Waals surface area contributed by atoms with E-state index in [-0.39, 0.29) is 18.0 Å². The van der Waals surface area contributed by atoms with Crippen molar-refractivity contribution in [3.63, 3.8) is 0 Å². The van der Waals surface area contributed by atoms with Gasteiger partial charge in [0, 0.05) is 24.8 Å². The molecule has 2 aromatic carbocycles. The number of ether oxygens (including phenoxy) is 1. The van der Waals surface area contributed by atoms with Gasteiger partial charge in [0.15, 0.2) is 0 Å². The van der Waals surface area contributed by atoms with Gasteiger partial charge < -0.3 is 9.64 Å². The molecule has 2 atom stereocenters. The standard InChI is InChI=1S/C22H29N5O2/c1-4-27(5-2)18-11-9-16(10-12-18)15-23-26-22(28)21-14-20(24-25-21)17-7-6-8-19(13-17)29-3/h6-13,15,20-21,24-25H,4-5,14H2,1-3H3,(H,26,28)/b23-15+. The largest absolute Gasteiger partial charge is 0.497 e. The molecule has 0 spiro atoms. The summed E-state index contributed by atoms with van der Waals surface area (Å²) >= 11 is 0. The monoisotopic (exact) mass is 395 g/mol. The number of nitrogens with zero attached hydrogens (tertiary/aromatic N) is 2. The molecule has 7 nitrogen and oxygen atoms in total. The molecule has 3 N–H and O–H groups in total. The Labute approximate surface area is 172 Å². The first kappa shape index (κ1) is 20.8. The first-order chi connectivity index (χ1) is 14.1. The SMILES string of the molecule is CCN(CC)c1ccc(/C=N/NC(=O)C2CC(c3cccc(OC)c3)NN2)cc1. The number of hydrogen-bond acceptors (Lipinski definition) is 6. The van der Waals surface area contributed by atoms with E-state index in [9.17, 15) is 4.79 Å². The fraction of sp³-hybridized carbons (Fsp3) is 0.364. The number of carbonyl (C=O) groups excluding carboxylic acids is 1. The number of amides is 1. The van der Waals surface area contributed by atoms with Gasteiger partial charge in [-0.1, -0.05) is 24.3 Å². The zero-order valence-electron chi connectivity index (χ0n) is 17.2. The van der Waals surface area contributed by atoms with Crippen molar-refractivity contribution in [2.75, 3.05) is 25.1 Å². The molecule has 154 valence electrons. The van der Waals surface area contributed by atoms with Crippen molar-refractivity contribution in [2.45, 2.75) is 32.4 Å². The Bertz CT molecular complexity index is 833. The zero-order chi connectivity index (χ0) is 20.6. The van der Waals surface area contributed by atoms with E-state index in [2.05, 4.69) is 52.3 Å². The molecule has 2 aromatic rings. The van der Waals surface area contributed by atoms with Gasteiger partial charge in [-0.05, 0) is 55.7 Å². The van der Waals surface area contributed by atoms with Crippen LogP contribution in [0.25, 0.3) is 0 Å². The summed E-state index contributed by atoms with van der Waals surface area (Å²) in [4.78, 5) is 14.7. The first-order valence-electron chi connectivity index (χ1n) is 9.97. The van der Waals surface area contributed by atoms with Crippen LogP contribution in [0, 0.1) is 0 Å². The lowest BCUT2D eigenvalue weighted by atomic mass is 10.0. The maximum Gasteiger partial charge on any atom is 0.258 e. The third-order valence-electron chi connectivity index (χ3n) is 5.13. The second-order valence-electron chi connectivity index (χ2n) is 6.90. The molecule has 0 aromatic heterocycles. The molecule has 3 rings (SSSR count). The van der Waals surface area contributed by atoms with Crippen LogP contribution in [0.5, 0.6) is 5.75 Å². The Kier molecular flexibility index (Phi) is 7.21. The van der Waals surface area contributed by atoms with Crippen LogP contribution in [0.1, 0.15) is 37.4 Å². The molecule has 0 saturated carbocycles. The molecule has 1 heterocycles. The van der Waals surface area contributed by atoms with Gasteiger partial charge in [0.1, 0.15) is 11.8 Å². The van der Waals surface area contributed by atoms with Gasteiger partial charge in [-0.15, -0.1) is 0 Å². The van der Waals surface area contributed by atoms with E-state index in [1.165, 1.54) is 5.69 Å². The molecule has 1 aliphatic heterocycles. The molecular weight excluding hydrogens is 366 g/mol. The fourth-order valence-electron chi connectivity index (χ4n) is 3.41. The number of benzene rings is 2. The van der Waals surface area contributed by atoms with Crippen molar-refractivity contribution in [3.8, 4) is 5.75 Å². The predicted molar refractivity (Wildman–Crippen MR) is 116 cm³/mol. The molecule has 29 heavy (non-hydrogen) atoms. The Morgan fingerprint density at radius 3 is 2.66 bits per heavy atom. The minimum atomic E-state index is -0.353. The van der Waals surface area contributed by atoms with Crippen molar-refractivity contribution in [1.29, 1.82) is 0 Å². The highest BCUT2D eigenvalue weighted by Gasteiger charge is 2.30. The van der Waals surface area contributed by atoms with Crippen LogP contribution < -0.4 is 25.9 Å². The smallest absolute Gasteiger partial charge is 0.258 e. The third kappa shape index (κ3) is 5.34. The lowest BCUT2D eigenvalue weighted by molar-refractivity contribution is -0.122. The molecule has 1 aliphatic rings. The van der Waals surface area contributed by atoms with Gasteiger partial charge in [-0.3, -0.25) is 4.79 Å². The van der Waals surface area contributed by atoms with Crippen molar-refractivity contribution in [2.24, 2.45) is 5.10 Å². The summed E-state index contributed by atoms with van der Waals surface area (Å²) < 4.78 is 5.27. The molecule has 1 fully saturated rings. The van der Waals surface area contributed by atoms with Gasteiger partial charge in [-0.2, -0.15) is 5.10 Å². The van der Waals surface area contributed by atoms with E-state index >= 15 is 0 Å². The Balaban J connectivity index is 1.52. The summed E-state index contributed by atoms with van der Waals surface area (Å²) in [6.45, 7) is 6.22. The number of carbonyl (C=O) groups is 1. The summed E-state index contributed by atoms with van der Waals surface area (Å²) in [6.07, 6.45) is 2.29. The summed E-state index contributed by atoms with van der Waals surface area (Å²) in [7, 11) is 1.64. The van der Waals surface area contributed by atoms with Gasteiger partial charge in [-0.25, -0.2) is 16.3 Å². The highest BCUT2D eigenvalue weighted by Crippen LogP contribution is 2.25. The van der Waals surface area contributed by atoms with Crippen LogP contribution in [-0.2, 0) is 4.79 Å². The van der Waals surface area contributed by atoms with E-state index in [1.807, 2.05) is 36.4 Å². The Morgan fingerprint density at radius 2 is 1.97 bits per heavy atom. The van der Waals surface area contributed by atoms with Crippen LogP contribution in [0.3, 0.4) is 0 Å². The highest BCUT2D eigenvalue weighted by atomic mass is 16.5. The summed E-state index contributed by atoms with van der Waals surface area (Å²) in [5.74, 6) is 0.632. The summed E-state index contributed by atoms with van der Waals surface area (Å²) in [6, 6.07) is 15.6. The van der Waals surface area contributed by atoms with Crippen LogP contribution in [0.4, 0.5) is 5.69 Å². The van der Waals surface area contributed by atoms with Crippen LogP contribution >= 0.6 is 0 Å². The molecule has 7 heteroatoms. The lowest BCUT2D eigenvalue weighted by Gasteiger charge is -2.20. The minimum Gasteiger partial charge on any atom is -0.497 e. The van der Waals surface area contributed by atoms with Gasteiger partial charge in [0.2, 0.25) is 0 Å². The van der Waals surface area contributed by atoms with Crippen LogP contribution in [0.2, 0.25) is 0 Å². The quantitative estimate of drug-likeness (QED) is 0.473. The number of hydrogen-bond donors (Lipinski definition) is 3. The van der Waals surface area contributed by atoms with Crippen LogP contribution in [0.15, 0.2) is 53.6 Å². The van der Waals surface area contributed by atoms with Gasteiger partial charge in [0.05, 0.1) is 13.3 Å². The average molecular weight is 396 g/mol. The highest BCUT2D eigenvalue weighted by molar-refractivity contribution is 5.85. The second kappa shape index (κ2) is 10.0. The maximum atomic E-state index is 12.4. The normalized spacial score (nSPS) is 18.7. The van der Waals surface area contributed by atoms with E-state index in [1.54, 1.807) is 13.3 Å². The topological polar surface area (TPSA) is 78.0 Å².